The molecule has 3 N–H and O–H groups in total. The van der Waals surface area contributed by atoms with Gasteiger partial charge in [-0.25, -0.2) is 0 Å². The SMILES string of the molecule is CCCCCCCC[C@H](O)/C=C/C=C/C=C\[C@H](O)CCCC(=O)O. The van der Waals surface area contributed by atoms with Gasteiger partial charge in [-0.3, -0.25) is 4.79 Å². The van der Waals surface area contributed by atoms with E-state index >= 15 is 0 Å². The molecule has 0 bridgehead atoms. The van der Waals surface area contributed by atoms with Crippen molar-refractivity contribution in [3.8, 4) is 0 Å². The van der Waals surface area contributed by atoms with E-state index in [-0.39, 0.29) is 6.42 Å². The van der Waals surface area contributed by atoms with Crippen LogP contribution in [0.3, 0.4) is 0 Å². The third kappa shape index (κ3) is 17.0. The number of aliphatic hydroxyl groups excluding tert-OH is 2. The summed E-state index contributed by atoms with van der Waals surface area (Å²) in [5, 5.41) is 27.9. The molecule has 0 aromatic heterocycles. The van der Waals surface area contributed by atoms with Crippen molar-refractivity contribution in [2.45, 2.75) is 83.3 Å². The van der Waals surface area contributed by atoms with E-state index in [4.69, 9.17) is 5.11 Å². The quantitative estimate of drug-likeness (QED) is 0.306. The van der Waals surface area contributed by atoms with Gasteiger partial charge in [-0.1, -0.05) is 81.9 Å². The highest BCUT2D eigenvalue weighted by Gasteiger charge is 2.01. The van der Waals surface area contributed by atoms with Crippen molar-refractivity contribution < 1.29 is 20.1 Å². The smallest absolute Gasteiger partial charge is 0.303 e. The summed E-state index contributed by atoms with van der Waals surface area (Å²) in [7, 11) is 0. The van der Waals surface area contributed by atoms with E-state index in [1.807, 2.05) is 12.2 Å². The van der Waals surface area contributed by atoms with Crippen molar-refractivity contribution in [3.63, 3.8) is 0 Å². The number of unbranched alkanes of at least 4 members (excludes halogenated alkanes) is 5. The van der Waals surface area contributed by atoms with E-state index in [0.717, 1.165) is 12.8 Å². The van der Waals surface area contributed by atoms with Gasteiger partial charge in [0, 0.05) is 6.42 Å². The van der Waals surface area contributed by atoms with Gasteiger partial charge >= 0.3 is 5.97 Å². The Morgan fingerprint density at radius 3 is 1.83 bits per heavy atom. The van der Waals surface area contributed by atoms with Crippen molar-refractivity contribution in [1.29, 1.82) is 0 Å². The minimum absolute atomic E-state index is 0.0833. The Balaban J connectivity index is 3.70. The van der Waals surface area contributed by atoms with Crippen LogP contribution in [0.4, 0.5) is 0 Å². The molecule has 0 aliphatic heterocycles. The Labute approximate surface area is 146 Å². The van der Waals surface area contributed by atoms with Gasteiger partial charge in [-0.15, -0.1) is 0 Å². The monoisotopic (exact) mass is 338 g/mol. The normalized spacial score (nSPS) is 14.8. The number of hydrogen-bond acceptors (Lipinski definition) is 3. The summed E-state index contributed by atoms with van der Waals surface area (Å²) in [4.78, 5) is 10.4. The zero-order chi connectivity index (χ0) is 18.0. The van der Waals surface area contributed by atoms with Gasteiger partial charge in [0.05, 0.1) is 12.2 Å². The zero-order valence-corrected chi connectivity index (χ0v) is 14.9. The maximum absolute atomic E-state index is 10.4. The van der Waals surface area contributed by atoms with Crippen LogP contribution in [0.25, 0.3) is 0 Å². The summed E-state index contributed by atoms with van der Waals surface area (Å²) >= 11 is 0. The lowest BCUT2D eigenvalue weighted by atomic mass is 10.1. The molecule has 0 unspecified atom stereocenters. The maximum Gasteiger partial charge on any atom is 0.303 e. The number of rotatable bonds is 15. The van der Waals surface area contributed by atoms with Crippen LogP contribution in [0, 0.1) is 0 Å². The molecule has 0 spiro atoms. The molecule has 0 aromatic rings. The first kappa shape index (κ1) is 22.6. The molecule has 24 heavy (non-hydrogen) atoms. The molecule has 2 atom stereocenters. The van der Waals surface area contributed by atoms with Crippen LogP contribution in [0.1, 0.15) is 71.1 Å². The minimum Gasteiger partial charge on any atom is -0.481 e. The first-order valence-electron chi connectivity index (χ1n) is 9.15. The Morgan fingerprint density at radius 2 is 1.29 bits per heavy atom. The molecular formula is C20H34O4. The average molecular weight is 338 g/mol. The summed E-state index contributed by atoms with van der Waals surface area (Å²) in [5.41, 5.74) is 0. The standard InChI is InChI=1S/C20H34O4/c1-2-3-4-5-6-9-13-18(21)14-10-7-8-11-15-19(22)16-12-17-20(23)24/h7-8,10-11,14-15,18-19,21-22H,2-6,9,12-13,16-17H2,1H3,(H,23,24)/b8-7+,14-10+,15-11-/t18-,19-/m0/s1. The topological polar surface area (TPSA) is 77.8 Å². The van der Waals surface area contributed by atoms with Crippen LogP contribution in [0.15, 0.2) is 36.5 Å². The Kier molecular flexibility index (Phi) is 15.5. The summed E-state index contributed by atoms with van der Waals surface area (Å²) in [6.45, 7) is 2.21. The molecule has 0 saturated carbocycles. The van der Waals surface area contributed by atoms with Crippen molar-refractivity contribution in [2.24, 2.45) is 0 Å². The van der Waals surface area contributed by atoms with Gasteiger partial charge in [-0.2, -0.15) is 0 Å². The molecule has 0 aromatic carbocycles. The number of carbonyl (C=O) groups is 1. The molecule has 0 aliphatic carbocycles. The van der Waals surface area contributed by atoms with Crippen LogP contribution in [0.5, 0.6) is 0 Å². The number of carboxylic acids is 1. The molecule has 4 nitrogen and oxygen atoms in total. The fourth-order valence-electron chi connectivity index (χ4n) is 2.30. The number of aliphatic carboxylic acids is 1. The molecule has 138 valence electrons. The van der Waals surface area contributed by atoms with Crippen LogP contribution in [-0.2, 0) is 4.79 Å². The first-order valence-corrected chi connectivity index (χ1v) is 9.15. The largest absolute Gasteiger partial charge is 0.481 e. The number of aliphatic hydroxyl groups is 2. The Bertz CT molecular complexity index is 385. The predicted molar refractivity (Wildman–Crippen MR) is 98.9 cm³/mol. The highest BCUT2D eigenvalue weighted by Crippen LogP contribution is 2.09. The second-order valence-corrected chi connectivity index (χ2v) is 6.13. The fraction of sp³-hybridized carbons (Fsp3) is 0.650. The van der Waals surface area contributed by atoms with Crippen LogP contribution in [0.2, 0.25) is 0 Å². The van der Waals surface area contributed by atoms with E-state index in [9.17, 15) is 15.0 Å². The highest BCUT2D eigenvalue weighted by atomic mass is 16.4. The number of hydrogen-bond donors (Lipinski definition) is 3. The summed E-state index contributed by atoms with van der Waals surface area (Å²) in [6.07, 6.45) is 18.7. The lowest BCUT2D eigenvalue weighted by molar-refractivity contribution is -0.137. The molecule has 0 fully saturated rings. The van der Waals surface area contributed by atoms with Gasteiger partial charge in [0.25, 0.3) is 0 Å². The van der Waals surface area contributed by atoms with E-state index in [2.05, 4.69) is 6.92 Å². The van der Waals surface area contributed by atoms with E-state index in [0.29, 0.717) is 12.8 Å². The number of allylic oxidation sites excluding steroid dienone is 4. The molecule has 0 saturated heterocycles. The second-order valence-electron chi connectivity index (χ2n) is 6.13. The minimum atomic E-state index is -0.837. The van der Waals surface area contributed by atoms with Gasteiger partial charge in [-0.05, 0) is 19.3 Å². The van der Waals surface area contributed by atoms with Crippen molar-refractivity contribution in [3.05, 3.63) is 36.5 Å². The molecule has 0 amide bonds. The molecule has 0 aliphatic rings. The molecule has 0 heterocycles. The molecule has 4 heteroatoms. The summed E-state index contributed by atoms with van der Waals surface area (Å²) in [5.74, 6) is -0.837. The number of carboxylic acid groups (broad SMARTS) is 1. The third-order valence-corrected chi connectivity index (χ3v) is 3.74. The van der Waals surface area contributed by atoms with E-state index in [1.54, 1.807) is 24.3 Å². The summed E-state index contributed by atoms with van der Waals surface area (Å²) < 4.78 is 0. The van der Waals surface area contributed by atoms with Gasteiger partial charge in [0.15, 0.2) is 0 Å². The zero-order valence-electron chi connectivity index (χ0n) is 14.9. The first-order chi connectivity index (χ1) is 11.6. The summed E-state index contributed by atoms with van der Waals surface area (Å²) in [6, 6.07) is 0. The predicted octanol–water partition coefficient (Wildman–Crippen LogP) is 4.38. The molecule has 0 rings (SSSR count). The van der Waals surface area contributed by atoms with Gasteiger partial charge in [0.1, 0.15) is 0 Å². The Hall–Kier alpha value is -1.39. The molecule has 0 radical (unpaired) electrons. The van der Waals surface area contributed by atoms with E-state index in [1.165, 1.54) is 32.1 Å². The molecular weight excluding hydrogens is 304 g/mol. The van der Waals surface area contributed by atoms with Crippen LogP contribution >= 0.6 is 0 Å². The van der Waals surface area contributed by atoms with Gasteiger partial charge in [0.2, 0.25) is 0 Å². The lowest BCUT2D eigenvalue weighted by Gasteiger charge is -2.04. The van der Waals surface area contributed by atoms with Crippen LogP contribution < -0.4 is 0 Å². The van der Waals surface area contributed by atoms with Crippen molar-refractivity contribution in [2.75, 3.05) is 0 Å². The second kappa shape index (κ2) is 16.5. The Morgan fingerprint density at radius 1 is 0.792 bits per heavy atom. The van der Waals surface area contributed by atoms with E-state index < -0.39 is 18.2 Å². The van der Waals surface area contributed by atoms with Gasteiger partial charge < -0.3 is 15.3 Å². The average Bonchev–Trinajstić information content (AvgIpc) is 2.53. The fourth-order valence-corrected chi connectivity index (χ4v) is 2.30. The highest BCUT2D eigenvalue weighted by molar-refractivity contribution is 5.66. The van der Waals surface area contributed by atoms with Crippen molar-refractivity contribution in [1.82, 2.24) is 0 Å². The maximum atomic E-state index is 10.4. The lowest BCUT2D eigenvalue weighted by Crippen LogP contribution is -2.03. The third-order valence-electron chi connectivity index (χ3n) is 3.74. The van der Waals surface area contributed by atoms with Crippen LogP contribution in [-0.4, -0.2) is 33.5 Å². The van der Waals surface area contributed by atoms with Crippen molar-refractivity contribution >= 4 is 5.97 Å².